The first-order valence-corrected chi connectivity index (χ1v) is 7.61. The zero-order valence-electron chi connectivity index (χ0n) is 13.4. The fourth-order valence-corrected chi connectivity index (χ4v) is 2.68. The second kappa shape index (κ2) is 6.34. The lowest BCUT2D eigenvalue weighted by Crippen LogP contribution is -2.34. The average molecular weight is 360 g/mol. The smallest absolute Gasteiger partial charge is 0.436 e. The van der Waals surface area contributed by atoms with E-state index < -0.39 is 23.6 Å². The Morgan fingerprint density at radius 1 is 1.21 bits per heavy atom. The molecule has 0 saturated carbocycles. The number of ether oxygens (including phenoxy) is 1. The van der Waals surface area contributed by atoms with Crippen LogP contribution in [0.25, 0.3) is 10.6 Å². The van der Waals surface area contributed by atoms with E-state index in [4.69, 9.17) is 4.74 Å². The van der Waals surface area contributed by atoms with Crippen LogP contribution in [0.2, 0.25) is 0 Å². The molecule has 1 amide bonds. The summed E-state index contributed by atoms with van der Waals surface area (Å²) in [5, 5.41) is -0.288. The number of rotatable bonds is 2. The van der Waals surface area contributed by atoms with E-state index >= 15 is 0 Å². The van der Waals surface area contributed by atoms with Gasteiger partial charge in [0, 0.05) is 25.0 Å². The quantitative estimate of drug-likeness (QED) is 0.810. The van der Waals surface area contributed by atoms with Gasteiger partial charge in [-0.25, -0.2) is 19.7 Å². The normalized spacial score (nSPS) is 12.1. The van der Waals surface area contributed by atoms with Crippen LogP contribution in [0.1, 0.15) is 26.5 Å². The minimum atomic E-state index is -4.71. The van der Waals surface area contributed by atoms with E-state index in [-0.39, 0.29) is 10.0 Å². The Labute approximate surface area is 140 Å². The van der Waals surface area contributed by atoms with Gasteiger partial charge in [-0.15, -0.1) is 0 Å². The van der Waals surface area contributed by atoms with Crippen LogP contribution in [0, 0.1) is 0 Å². The third-order valence-corrected chi connectivity index (χ3v) is 3.84. The van der Waals surface area contributed by atoms with Crippen LogP contribution in [0.5, 0.6) is 0 Å². The van der Waals surface area contributed by atoms with Gasteiger partial charge < -0.3 is 4.74 Å². The monoisotopic (exact) mass is 360 g/mol. The number of anilines is 1. The maximum absolute atomic E-state index is 13.3. The fraction of sp³-hybridized carbons (Fsp3) is 0.429. The molecule has 24 heavy (non-hydrogen) atoms. The van der Waals surface area contributed by atoms with Crippen molar-refractivity contribution in [2.75, 3.05) is 11.9 Å². The van der Waals surface area contributed by atoms with Gasteiger partial charge in [0.25, 0.3) is 0 Å². The zero-order chi connectivity index (χ0) is 18.1. The molecule has 10 heteroatoms. The van der Waals surface area contributed by atoms with E-state index in [0.717, 1.165) is 4.90 Å². The van der Waals surface area contributed by atoms with Crippen molar-refractivity contribution >= 4 is 22.4 Å². The minimum absolute atomic E-state index is 0.0633. The molecule has 0 atom stereocenters. The molecule has 130 valence electrons. The Balaban J connectivity index is 2.45. The van der Waals surface area contributed by atoms with Crippen LogP contribution in [0.15, 0.2) is 18.7 Å². The molecule has 0 unspecified atom stereocenters. The molecule has 0 fully saturated rings. The molecule has 0 N–H and O–H groups in total. The predicted octanol–water partition coefficient (Wildman–Crippen LogP) is 3.99. The number of alkyl halides is 3. The highest BCUT2D eigenvalue weighted by atomic mass is 32.1. The van der Waals surface area contributed by atoms with E-state index in [1.807, 2.05) is 0 Å². The molecular formula is C14H15F3N4O2S. The molecule has 0 aliphatic rings. The first-order chi connectivity index (χ1) is 11.0. The molecule has 2 rings (SSSR count). The van der Waals surface area contributed by atoms with Crippen LogP contribution >= 0.6 is 11.3 Å². The van der Waals surface area contributed by atoms with Crippen LogP contribution in [0.3, 0.4) is 0 Å². The third kappa shape index (κ3) is 4.19. The van der Waals surface area contributed by atoms with Gasteiger partial charge in [0.15, 0.2) is 5.69 Å². The van der Waals surface area contributed by atoms with Gasteiger partial charge in [0.2, 0.25) is 0 Å². The second-order valence-corrected chi connectivity index (χ2v) is 6.81. The highest BCUT2D eigenvalue weighted by Gasteiger charge is 2.40. The summed E-state index contributed by atoms with van der Waals surface area (Å²) < 4.78 is 44.9. The van der Waals surface area contributed by atoms with Crippen molar-refractivity contribution in [2.24, 2.45) is 0 Å². The number of nitrogens with zero attached hydrogens (tertiary/aromatic N) is 4. The summed E-state index contributed by atoms with van der Waals surface area (Å²) in [6.45, 7) is 4.88. The molecule has 0 saturated heterocycles. The van der Waals surface area contributed by atoms with Gasteiger partial charge in [0.1, 0.15) is 21.9 Å². The minimum Gasteiger partial charge on any atom is -0.443 e. The van der Waals surface area contributed by atoms with Crippen LogP contribution < -0.4 is 4.90 Å². The number of hydrogen-bond acceptors (Lipinski definition) is 6. The molecule has 2 aromatic heterocycles. The van der Waals surface area contributed by atoms with Gasteiger partial charge in [-0.1, -0.05) is 11.3 Å². The van der Waals surface area contributed by atoms with Crippen LogP contribution in [-0.4, -0.2) is 33.7 Å². The number of thiazole rings is 1. The Morgan fingerprint density at radius 2 is 1.79 bits per heavy atom. The molecule has 0 radical (unpaired) electrons. The summed E-state index contributed by atoms with van der Waals surface area (Å²) in [6, 6.07) is 0. The number of carbonyl (C=O) groups excluding carboxylic acids is 1. The molecule has 0 aromatic carbocycles. The van der Waals surface area contributed by atoms with Crippen LogP contribution in [-0.2, 0) is 10.9 Å². The number of halogens is 3. The molecule has 0 aliphatic carbocycles. The molecule has 0 spiro atoms. The van der Waals surface area contributed by atoms with Gasteiger partial charge in [-0.3, -0.25) is 4.90 Å². The molecule has 0 aliphatic heterocycles. The first-order valence-electron chi connectivity index (χ1n) is 6.79. The van der Waals surface area contributed by atoms with E-state index in [1.54, 1.807) is 20.8 Å². The Morgan fingerprint density at radius 3 is 2.29 bits per heavy atom. The number of hydrogen-bond donors (Lipinski definition) is 0. The fourth-order valence-electron chi connectivity index (χ4n) is 1.67. The van der Waals surface area contributed by atoms with Gasteiger partial charge in [0.05, 0.1) is 0 Å². The summed E-state index contributed by atoms with van der Waals surface area (Å²) in [4.78, 5) is 24.0. The summed E-state index contributed by atoms with van der Waals surface area (Å²) in [7, 11) is 1.21. The van der Waals surface area contributed by atoms with Crippen molar-refractivity contribution in [1.29, 1.82) is 0 Å². The third-order valence-electron chi connectivity index (χ3n) is 2.66. The van der Waals surface area contributed by atoms with Crippen molar-refractivity contribution < 1.29 is 22.7 Å². The SMILES string of the molecule is CN(C(=O)OC(C)(C)C)c1sc(-c2cncnc2)nc1C(F)(F)F. The molecule has 2 aromatic rings. The largest absolute Gasteiger partial charge is 0.443 e. The maximum Gasteiger partial charge on any atom is 0.436 e. The highest BCUT2D eigenvalue weighted by Crippen LogP contribution is 2.42. The Hall–Kier alpha value is -2.23. The first kappa shape index (κ1) is 18.1. The summed E-state index contributed by atoms with van der Waals surface area (Å²) in [5.41, 5.74) is -1.65. The lowest BCUT2D eigenvalue weighted by molar-refractivity contribution is -0.140. The summed E-state index contributed by atoms with van der Waals surface area (Å²) in [6.07, 6.45) is -1.65. The van der Waals surface area contributed by atoms with Gasteiger partial charge >= 0.3 is 12.3 Å². The van der Waals surface area contributed by atoms with E-state index in [0.29, 0.717) is 16.9 Å². The second-order valence-electron chi connectivity index (χ2n) is 5.84. The Bertz CT molecular complexity index is 726. The Kier molecular flexibility index (Phi) is 4.79. The zero-order valence-corrected chi connectivity index (χ0v) is 14.2. The van der Waals surface area contributed by atoms with Crippen LogP contribution in [0.4, 0.5) is 23.0 Å². The standard InChI is InChI=1S/C14H15F3N4O2S/c1-13(2,3)23-12(22)21(4)11-9(14(15,16)17)20-10(24-11)8-5-18-7-19-6-8/h5-7H,1-4H3. The van der Waals surface area contributed by atoms with Crippen molar-refractivity contribution in [1.82, 2.24) is 15.0 Å². The summed E-state index contributed by atoms with van der Waals surface area (Å²) in [5.74, 6) is 0. The topological polar surface area (TPSA) is 68.2 Å². The van der Waals surface area contributed by atoms with E-state index in [2.05, 4.69) is 15.0 Å². The van der Waals surface area contributed by atoms with Crippen molar-refractivity contribution in [3.63, 3.8) is 0 Å². The maximum atomic E-state index is 13.3. The van der Waals surface area contributed by atoms with E-state index in [9.17, 15) is 18.0 Å². The lowest BCUT2D eigenvalue weighted by Gasteiger charge is -2.24. The molecule has 0 bridgehead atoms. The molecule has 6 nitrogen and oxygen atoms in total. The number of carbonyl (C=O) groups is 1. The van der Waals surface area contributed by atoms with E-state index in [1.165, 1.54) is 25.8 Å². The van der Waals surface area contributed by atoms with Gasteiger partial charge in [-0.2, -0.15) is 13.2 Å². The number of aromatic nitrogens is 3. The average Bonchev–Trinajstić information content (AvgIpc) is 2.90. The van der Waals surface area contributed by atoms with Crippen molar-refractivity contribution in [2.45, 2.75) is 32.5 Å². The van der Waals surface area contributed by atoms with Crippen molar-refractivity contribution in [3.05, 3.63) is 24.4 Å². The lowest BCUT2D eigenvalue weighted by atomic mass is 10.2. The number of amides is 1. The molecular weight excluding hydrogens is 345 g/mol. The van der Waals surface area contributed by atoms with Crippen molar-refractivity contribution in [3.8, 4) is 10.6 Å². The highest BCUT2D eigenvalue weighted by molar-refractivity contribution is 7.19. The molecule has 2 heterocycles. The predicted molar refractivity (Wildman–Crippen MR) is 82.8 cm³/mol. The summed E-state index contributed by atoms with van der Waals surface area (Å²) >= 11 is 0.716. The van der Waals surface area contributed by atoms with Gasteiger partial charge in [-0.05, 0) is 20.8 Å².